The lowest BCUT2D eigenvalue weighted by atomic mass is 9.95. The highest BCUT2D eigenvalue weighted by Gasteiger charge is 2.21. The van der Waals surface area contributed by atoms with Crippen LogP contribution in [0.25, 0.3) is 0 Å². The van der Waals surface area contributed by atoms with Crippen LogP contribution < -0.4 is 4.74 Å². The van der Waals surface area contributed by atoms with Gasteiger partial charge in [-0.3, -0.25) is 4.79 Å². The van der Waals surface area contributed by atoms with Crippen molar-refractivity contribution in [1.29, 1.82) is 0 Å². The van der Waals surface area contributed by atoms with Crippen LogP contribution in [0.3, 0.4) is 0 Å². The lowest BCUT2D eigenvalue weighted by Gasteiger charge is -2.30. The molecule has 1 amide bonds. The van der Waals surface area contributed by atoms with E-state index < -0.39 is 0 Å². The summed E-state index contributed by atoms with van der Waals surface area (Å²) < 4.78 is 10.6. The Morgan fingerprint density at radius 2 is 1.83 bits per heavy atom. The molecule has 0 saturated heterocycles. The predicted octanol–water partition coefficient (Wildman–Crippen LogP) is 3.90. The van der Waals surface area contributed by atoms with Gasteiger partial charge in [-0.2, -0.15) is 0 Å². The first-order chi connectivity index (χ1) is 11.2. The summed E-state index contributed by atoms with van der Waals surface area (Å²) in [5.41, 5.74) is 0.699. The molecule has 4 nitrogen and oxygen atoms in total. The minimum atomic E-state index is 0.0905. The average Bonchev–Trinajstić information content (AvgIpc) is 2.54. The highest BCUT2D eigenvalue weighted by molar-refractivity contribution is 5.94. The quantitative estimate of drug-likeness (QED) is 0.747. The molecule has 0 heterocycles. The van der Waals surface area contributed by atoms with E-state index >= 15 is 0 Å². The number of methoxy groups -OCH3 is 1. The van der Waals surface area contributed by atoms with Crippen LogP contribution in [0.2, 0.25) is 0 Å². The van der Waals surface area contributed by atoms with Crippen LogP contribution in [0.4, 0.5) is 0 Å². The molecular weight excluding hydrogens is 290 g/mol. The summed E-state index contributed by atoms with van der Waals surface area (Å²) >= 11 is 0. The molecule has 0 unspecified atom stereocenters. The van der Waals surface area contributed by atoms with Gasteiger partial charge in [0.1, 0.15) is 12.4 Å². The van der Waals surface area contributed by atoms with E-state index in [1.165, 1.54) is 32.1 Å². The van der Waals surface area contributed by atoms with Crippen molar-refractivity contribution in [3.8, 4) is 5.75 Å². The van der Waals surface area contributed by atoms with E-state index in [1.807, 2.05) is 36.2 Å². The van der Waals surface area contributed by atoms with Crippen LogP contribution in [0, 0.1) is 0 Å². The Morgan fingerprint density at radius 1 is 1.13 bits per heavy atom. The van der Waals surface area contributed by atoms with Crippen molar-refractivity contribution >= 4 is 5.91 Å². The zero-order valence-corrected chi connectivity index (χ0v) is 14.4. The molecule has 1 aromatic rings. The van der Waals surface area contributed by atoms with Gasteiger partial charge in [0.25, 0.3) is 5.91 Å². The molecule has 0 spiro atoms. The number of hydrogen-bond acceptors (Lipinski definition) is 3. The van der Waals surface area contributed by atoms with Gasteiger partial charge in [0, 0.05) is 25.8 Å². The standard InChI is InChI=1S/C19H29NO3/c1-20(17-10-6-4-3-5-7-11-17)19(21)16-9-8-12-18(15-16)23-14-13-22-2/h8-9,12,15,17H,3-7,10-11,13-14H2,1-2H3. The Balaban J connectivity index is 1.98. The number of rotatable bonds is 6. The van der Waals surface area contributed by atoms with Crippen LogP contribution in [0.15, 0.2) is 24.3 Å². The van der Waals surface area contributed by atoms with Crippen molar-refractivity contribution in [1.82, 2.24) is 4.90 Å². The summed E-state index contributed by atoms with van der Waals surface area (Å²) in [7, 11) is 3.58. The van der Waals surface area contributed by atoms with E-state index in [-0.39, 0.29) is 5.91 Å². The topological polar surface area (TPSA) is 38.8 Å². The maximum atomic E-state index is 12.8. The molecule has 0 aliphatic heterocycles. The first-order valence-electron chi connectivity index (χ1n) is 8.71. The lowest BCUT2D eigenvalue weighted by molar-refractivity contribution is 0.0706. The molecule has 23 heavy (non-hydrogen) atoms. The third-order valence-corrected chi connectivity index (χ3v) is 4.58. The van der Waals surface area contributed by atoms with Crippen molar-refractivity contribution in [2.75, 3.05) is 27.4 Å². The maximum absolute atomic E-state index is 12.8. The number of carbonyl (C=O) groups is 1. The van der Waals surface area contributed by atoms with Crippen molar-refractivity contribution in [2.24, 2.45) is 0 Å². The van der Waals surface area contributed by atoms with Gasteiger partial charge in [-0.25, -0.2) is 0 Å². The SMILES string of the molecule is COCCOc1cccc(C(=O)N(C)C2CCCCCCC2)c1. The van der Waals surface area contributed by atoms with E-state index in [9.17, 15) is 4.79 Å². The van der Waals surface area contributed by atoms with Crippen molar-refractivity contribution in [2.45, 2.75) is 51.0 Å². The number of hydrogen-bond donors (Lipinski definition) is 0. The molecular formula is C19H29NO3. The monoisotopic (exact) mass is 319 g/mol. The van der Waals surface area contributed by atoms with E-state index in [4.69, 9.17) is 9.47 Å². The second kappa shape index (κ2) is 9.56. The van der Waals surface area contributed by atoms with Gasteiger partial charge in [-0.15, -0.1) is 0 Å². The molecule has 1 aliphatic carbocycles. The van der Waals surface area contributed by atoms with E-state index in [0.717, 1.165) is 18.6 Å². The molecule has 0 N–H and O–H groups in total. The van der Waals surface area contributed by atoms with Gasteiger partial charge >= 0.3 is 0 Å². The summed E-state index contributed by atoms with van der Waals surface area (Å²) in [5, 5.41) is 0. The molecule has 0 bridgehead atoms. The fourth-order valence-corrected chi connectivity index (χ4v) is 3.15. The zero-order valence-electron chi connectivity index (χ0n) is 14.4. The average molecular weight is 319 g/mol. The molecule has 1 aliphatic rings. The molecule has 1 aromatic carbocycles. The molecule has 128 valence electrons. The van der Waals surface area contributed by atoms with Gasteiger partial charge in [0.05, 0.1) is 6.61 Å². The molecule has 0 atom stereocenters. The van der Waals surface area contributed by atoms with Gasteiger partial charge in [0.15, 0.2) is 0 Å². The Kier molecular flexibility index (Phi) is 7.40. The normalized spacial score (nSPS) is 16.4. The van der Waals surface area contributed by atoms with E-state index in [2.05, 4.69) is 0 Å². The van der Waals surface area contributed by atoms with Crippen LogP contribution in [-0.2, 0) is 4.74 Å². The van der Waals surface area contributed by atoms with Crippen molar-refractivity contribution in [3.63, 3.8) is 0 Å². The summed E-state index contributed by atoms with van der Waals surface area (Å²) in [4.78, 5) is 14.7. The number of carbonyl (C=O) groups excluding carboxylic acids is 1. The predicted molar refractivity (Wildman–Crippen MR) is 92.0 cm³/mol. The molecule has 0 aromatic heterocycles. The Bertz CT molecular complexity index is 481. The van der Waals surface area contributed by atoms with Gasteiger partial charge in [0.2, 0.25) is 0 Å². The molecule has 1 fully saturated rings. The van der Waals surface area contributed by atoms with Gasteiger partial charge < -0.3 is 14.4 Å². The fourth-order valence-electron chi connectivity index (χ4n) is 3.15. The minimum Gasteiger partial charge on any atom is -0.491 e. The Labute approximate surface area is 139 Å². The molecule has 4 heteroatoms. The fraction of sp³-hybridized carbons (Fsp3) is 0.632. The van der Waals surface area contributed by atoms with E-state index in [0.29, 0.717) is 24.8 Å². The highest BCUT2D eigenvalue weighted by Crippen LogP contribution is 2.23. The second-order valence-corrected chi connectivity index (χ2v) is 6.28. The molecule has 2 rings (SSSR count). The third kappa shape index (κ3) is 5.54. The van der Waals surface area contributed by atoms with Crippen molar-refractivity contribution in [3.05, 3.63) is 29.8 Å². The summed E-state index contributed by atoms with van der Waals surface area (Å²) in [6, 6.07) is 7.81. The van der Waals surface area contributed by atoms with Crippen LogP contribution >= 0.6 is 0 Å². The summed E-state index contributed by atoms with van der Waals surface area (Å²) in [6.45, 7) is 1.03. The smallest absolute Gasteiger partial charge is 0.253 e. The Morgan fingerprint density at radius 3 is 2.52 bits per heavy atom. The maximum Gasteiger partial charge on any atom is 0.253 e. The van der Waals surface area contributed by atoms with Crippen molar-refractivity contribution < 1.29 is 14.3 Å². The molecule has 1 saturated carbocycles. The summed E-state index contributed by atoms with van der Waals surface area (Å²) in [5.74, 6) is 0.812. The Hall–Kier alpha value is -1.55. The van der Waals surface area contributed by atoms with Gasteiger partial charge in [-0.1, -0.05) is 38.2 Å². The second-order valence-electron chi connectivity index (χ2n) is 6.28. The van der Waals surface area contributed by atoms with Gasteiger partial charge in [-0.05, 0) is 31.0 Å². The lowest BCUT2D eigenvalue weighted by Crippen LogP contribution is -2.37. The largest absolute Gasteiger partial charge is 0.491 e. The van der Waals surface area contributed by atoms with E-state index in [1.54, 1.807) is 7.11 Å². The molecule has 0 radical (unpaired) electrons. The highest BCUT2D eigenvalue weighted by atomic mass is 16.5. The first-order valence-corrected chi connectivity index (χ1v) is 8.71. The number of nitrogens with zero attached hydrogens (tertiary/aromatic N) is 1. The number of ether oxygens (including phenoxy) is 2. The number of benzene rings is 1. The minimum absolute atomic E-state index is 0.0905. The van der Waals surface area contributed by atoms with Crippen LogP contribution in [0.1, 0.15) is 55.3 Å². The summed E-state index contributed by atoms with van der Waals surface area (Å²) in [6.07, 6.45) is 8.61. The number of amides is 1. The van der Waals surface area contributed by atoms with Crippen LogP contribution in [0.5, 0.6) is 5.75 Å². The first kappa shape index (κ1) is 17.8. The van der Waals surface area contributed by atoms with Crippen LogP contribution in [-0.4, -0.2) is 44.2 Å². The zero-order chi connectivity index (χ0) is 16.5. The third-order valence-electron chi connectivity index (χ3n) is 4.58.